The Morgan fingerprint density at radius 2 is 1.80 bits per heavy atom. The molecule has 1 rings (SSSR count). The summed E-state index contributed by atoms with van der Waals surface area (Å²) in [6, 6.07) is 5.95. The molecule has 0 bridgehead atoms. The first kappa shape index (κ1) is 16.8. The molecule has 2 atom stereocenters. The van der Waals surface area contributed by atoms with Crippen molar-refractivity contribution in [1.29, 1.82) is 0 Å². The van der Waals surface area contributed by atoms with Gasteiger partial charge in [-0.15, -0.1) is 0 Å². The van der Waals surface area contributed by atoms with Gasteiger partial charge in [-0.25, -0.2) is 0 Å². The fourth-order valence-electron chi connectivity index (χ4n) is 2.23. The van der Waals surface area contributed by atoms with E-state index >= 15 is 0 Å². The molecule has 114 valence electrons. The topological polar surface area (TPSA) is 53.7 Å². The van der Waals surface area contributed by atoms with Crippen molar-refractivity contribution in [2.75, 3.05) is 27.9 Å². The van der Waals surface area contributed by atoms with Crippen molar-refractivity contribution in [1.82, 2.24) is 0 Å². The molecule has 0 radical (unpaired) electrons. The molecule has 20 heavy (non-hydrogen) atoms. The Hall–Kier alpha value is -1.26. The maximum Gasteiger partial charge on any atom is 0.160 e. The molecule has 1 aromatic rings. The van der Waals surface area contributed by atoms with Gasteiger partial charge >= 0.3 is 0 Å². The molecule has 0 aliphatic rings. The minimum absolute atomic E-state index is 0.280. The van der Waals surface area contributed by atoms with Crippen LogP contribution in [-0.2, 0) is 11.2 Å². The number of rotatable bonds is 8. The van der Waals surface area contributed by atoms with E-state index in [4.69, 9.17) is 19.9 Å². The highest BCUT2D eigenvalue weighted by Gasteiger charge is 2.26. The third-order valence-electron chi connectivity index (χ3n) is 3.91. The van der Waals surface area contributed by atoms with Crippen molar-refractivity contribution in [3.8, 4) is 11.5 Å². The predicted octanol–water partition coefficient (Wildman–Crippen LogP) is 2.64. The van der Waals surface area contributed by atoms with Gasteiger partial charge in [0.15, 0.2) is 11.5 Å². The summed E-state index contributed by atoms with van der Waals surface area (Å²) in [7, 11) is 5.00. The lowest BCUT2D eigenvalue weighted by Crippen LogP contribution is -2.45. The Kier molecular flexibility index (Phi) is 6.30. The largest absolute Gasteiger partial charge is 0.493 e. The minimum atomic E-state index is -0.280. The quantitative estimate of drug-likeness (QED) is 0.796. The summed E-state index contributed by atoms with van der Waals surface area (Å²) in [5, 5.41) is 0. The van der Waals surface area contributed by atoms with E-state index in [1.165, 1.54) is 0 Å². The number of ether oxygens (including phenoxy) is 3. The standard InChI is InChI=1S/C16H27NO3/c1-12(8-9-18-3)16(2,17)11-13-6-7-14(19-4)15(10-13)20-5/h6-7,10,12H,8-9,11,17H2,1-5H3. The number of hydrogen-bond donors (Lipinski definition) is 1. The number of methoxy groups -OCH3 is 3. The van der Waals surface area contributed by atoms with E-state index in [0.29, 0.717) is 5.92 Å². The van der Waals surface area contributed by atoms with Crippen LogP contribution in [0.2, 0.25) is 0 Å². The molecule has 0 heterocycles. The van der Waals surface area contributed by atoms with Crippen molar-refractivity contribution < 1.29 is 14.2 Å². The minimum Gasteiger partial charge on any atom is -0.493 e. The molecule has 0 spiro atoms. The van der Waals surface area contributed by atoms with Crippen molar-refractivity contribution in [3.05, 3.63) is 23.8 Å². The van der Waals surface area contributed by atoms with E-state index in [1.807, 2.05) is 18.2 Å². The number of nitrogens with two attached hydrogens (primary N) is 1. The lowest BCUT2D eigenvalue weighted by Gasteiger charge is -2.32. The molecule has 0 aromatic heterocycles. The van der Waals surface area contributed by atoms with Crippen molar-refractivity contribution in [2.45, 2.75) is 32.2 Å². The van der Waals surface area contributed by atoms with Crippen LogP contribution in [0.1, 0.15) is 25.8 Å². The van der Waals surface area contributed by atoms with Crippen LogP contribution in [0.4, 0.5) is 0 Å². The molecule has 1 aromatic carbocycles. The summed E-state index contributed by atoms with van der Waals surface area (Å²) < 4.78 is 15.7. The third kappa shape index (κ3) is 4.39. The number of hydrogen-bond acceptors (Lipinski definition) is 4. The maximum absolute atomic E-state index is 6.47. The van der Waals surface area contributed by atoms with Crippen LogP contribution in [0.3, 0.4) is 0 Å². The van der Waals surface area contributed by atoms with Gasteiger partial charge in [0.1, 0.15) is 0 Å². The van der Waals surface area contributed by atoms with Crippen LogP contribution in [-0.4, -0.2) is 33.5 Å². The Morgan fingerprint density at radius 3 is 2.35 bits per heavy atom. The zero-order chi connectivity index (χ0) is 15.2. The van der Waals surface area contributed by atoms with E-state index in [2.05, 4.69) is 13.8 Å². The third-order valence-corrected chi connectivity index (χ3v) is 3.91. The molecule has 2 unspecified atom stereocenters. The monoisotopic (exact) mass is 281 g/mol. The van der Waals surface area contributed by atoms with Gasteiger partial charge in [-0.2, -0.15) is 0 Å². The second-order valence-corrected chi connectivity index (χ2v) is 5.55. The second kappa shape index (κ2) is 7.50. The van der Waals surface area contributed by atoms with Gasteiger partial charge in [0.2, 0.25) is 0 Å². The highest BCUT2D eigenvalue weighted by Crippen LogP contribution is 2.30. The molecule has 4 nitrogen and oxygen atoms in total. The summed E-state index contributed by atoms with van der Waals surface area (Å²) in [5.41, 5.74) is 7.34. The summed E-state index contributed by atoms with van der Waals surface area (Å²) in [6.07, 6.45) is 1.75. The lowest BCUT2D eigenvalue weighted by molar-refractivity contribution is 0.159. The first-order chi connectivity index (χ1) is 9.44. The van der Waals surface area contributed by atoms with Gasteiger partial charge in [0.05, 0.1) is 14.2 Å². The highest BCUT2D eigenvalue weighted by atomic mass is 16.5. The van der Waals surface area contributed by atoms with Crippen LogP contribution in [0.25, 0.3) is 0 Å². The normalized spacial score (nSPS) is 15.5. The first-order valence-electron chi connectivity index (χ1n) is 6.93. The molecule has 0 fully saturated rings. The van der Waals surface area contributed by atoms with Gasteiger partial charge in [0.25, 0.3) is 0 Å². The van der Waals surface area contributed by atoms with Crippen molar-refractivity contribution in [2.24, 2.45) is 11.7 Å². The van der Waals surface area contributed by atoms with Crippen molar-refractivity contribution >= 4 is 0 Å². The van der Waals surface area contributed by atoms with Crippen LogP contribution < -0.4 is 15.2 Å². The summed E-state index contributed by atoms with van der Waals surface area (Å²) in [4.78, 5) is 0. The predicted molar refractivity (Wildman–Crippen MR) is 81.5 cm³/mol. The van der Waals surface area contributed by atoms with Crippen molar-refractivity contribution in [3.63, 3.8) is 0 Å². The maximum atomic E-state index is 6.47. The Morgan fingerprint density at radius 1 is 1.15 bits per heavy atom. The van der Waals surface area contributed by atoms with Crippen LogP contribution >= 0.6 is 0 Å². The fourth-order valence-corrected chi connectivity index (χ4v) is 2.23. The molecular weight excluding hydrogens is 254 g/mol. The molecule has 0 aliphatic heterocycles. The number of benzene rings is 1. The molecule has 0 aliphatic carbocycles. The SMILES string of the molecule is COCCC(C)C(C)(N)Cc1ccc(OC)c(OC)c1. The Labute approximate surface area is 122 Å². The summed E-state index contributed by atoms with van der Waals surface area (Å²) >= 11 is 0. The van der Waals surface area contributed by atoms with Gasteiger partial charge < -0.3 is 19.9 Å². The average Bonchev–Trinajstić information content (AvgIpc) is 2.43. The lowest BCUT2D eigenvalue weighted by atomic mass is 9.81. The molecular formula is C16H27NO3. The zero-order valence-corrected chi connectivity index (χ0v) is 13.2. The zero-order valence-electron chi connectivity index (χ0n) is 13.2. The van der Waals surface area contributed by atoms with Gasteiger partial charge in [0, 0.05) is 19.3 Å². The molecule has 0 saturated carbocycles. The fraction of sp³-hybridized carbons (Fsp3) is 0.625. The molecule has 4 heteroatoms. The average molecular weight is 281 g/mol. The highest BCUT2D eigenvalue weighted by molar-refractivity contribution is 5.43. The van der Waals surface area contributed by atoms with Crippen LogP contribution in [0.5, 0.6) is 11.5 Å². The molecule has 0 saturated heterocycles. The van der Waals surface area contributed by atoms with Crippen LogP contribution in [0.15, 0.2) is 18.2 Å². The Balaban J connectivity index is 2.80. The summed E-state index contributed by atoms with van der Waals surface area (Å²) in [5.74, 6) is 1.85. The van der Waals surface area contributed by atoms with E-state index in [-0.39, 0.29) is 5.54 Å². The second-order valence-electron chi connectivity index (χ2n) is 5.55. The smallest absolute Gasteiger partial charge is 0.160 e. The first-order valence-corrected chi connectivity index (χ1v) is 6.93. The molecule has 2 N–H and O–H groups in total. The van der Waals surface area contributed by atoms with Gasteiger partial charge in [-0.3, -0.25) is 0 Å². The molecule has 0 amide bonds. The summed E-state index contributed by atoms with van der Waals surface area (Å²) in [6.45, 7) is 4.99. The van der Waals surface area contributed by atoms with Gasteiger partial charge in [-0.1, -0.05) is 13.0 Å². The van der Waals surface area contributed by atoms with E-state index in [1.54, 1.807) is 21.3 Å². The van der Waals surface area contributed by atoms with Crippen LogP contribution in [0, 0.1) is 5.92 Å². The van der Waals surface area contributed by atoms with E-state index in [0.717, 1.165) is 36.5 Å². The van der Waals surface area contributed by atoms with Gasteiger partial charge in [-0.05, 0) is 43.4 Å². The van der Waals surface area contributed by atoms with E-state index < -0.39 is 0 Å². The Bertz CT molecular complexity index is 418. The van der Waals surface area contributed by atoms with E-state index in [9.17, 15) is 0 Å².